The molecule has 0 fully saturated rings. The monoisotopic (exact) mass is 318 g/mol. The van der Waals surface area contributed by atoms with E-state index >= 15 is 0 Å². The molecule has 2 amide bonds. The lowest BCUT2D eigenvalue weighted by atomic mass is 10.2. The van der Waals surface area contributed by atoms with Gasteiger partial charge in [-0.15, -0.1) is 0 Å². The summed E-state index contributed by atoms with van der Waals surface area (Å²) in [5.41, 5.74) is 0.703. The molecule has 2 rings (SSSR count). The van der Waals surface area contributed by atoms with Crippen LogP contribution in [0.4, 0.5) is 5.69 Å². The Balaban J connectivity index is 2.01. The first-order chi connectivity index (χ1) is 10.7. The number of para-hydroxylation sites is 1. The third-order valence-electron chi connectivity index (χ3n) is 3.02. The molecule has 1 unspecified atom stereocenters. The standard InChI is InChI=1S/C16H18N2O3S/c1-22-11-9-13(18-16(20)14-8-5-10-21-14)15(19)17-12-6-3-2-4-7-12/h2-8,10,13H,9,11H2,1H3,(H,17,19)(H,18,20). The van der Waals surface area contributed by atoms with Gasteiger partial charge in [0.25, 0.3) is 5.91 Å². The number of hydrogen-bond acceptors (Lipinski definition) is 4. The molecule has 2 N–H and O–H groups in total. The number of furan rings is 1. The maximum absolute atomic E-state index is 12.4. The molecule has 116 valence electrons. The average molecular weight is 318 g/mol. The first-order valence-electron chi connectivity index (χ1n) is 6.90. The van der Waals surface area contributed by atoms with Crippen LogP contribution in [0.1, 0.15) is 17.0 Å². The highest BCUT2D eigenvalue weighted by molar-refractivity contribution is 7.98. The molecular formula is C16H18N2O3S. The Morgan fingerprint density at radius 2 is 1.95 bits per heavy atom. The summed E-state index contributed by atoms with van der Waals surface area (Å²) in [5, 5.41) is 5.52. The highest BCUT2D eigenvalue weighted by atomic mass is 32.2. The van der Waals surface area contributed by atoms with E-state index in [1.807, 2.05) is 24.5 Å². The van der Waals surface area contributed by atoms with E-state index in [2.05, 4.69) is 10.6 Å². The van der Waals surface area contributed by atoms with Gasteiger partial charge in [-0.1, -0.05) is 18.2 Å². The molecule has 0 aliphatic heterocycles. The molecule has 1 aromatic carbocycles. The summed E-state index contributed by atoms with van der Waals surface area (Å²) >= 11 is 1.62. The molecule has 2 aromatic rings. The fourth-order valence-corrected chi connectivity index (χ4v) is 2.36. The van der Waals surface area contributed by atoms with Crippen molar-refractivity contribution in [1.82, 2.24) is 5.32 Å². The number of hydrogen-bond donors (Lipinski definition) is 2. The number of amides is 2. The van der Waals surface area contributed by atoms with Gasteiger partial charge in [0, 0.05) is 5.69 Å². The van der Waals surface area contributed by atoms with Gasteiger partial charge < -0.3 is 15.1 Å². The van der Waals surface area contributed by atoms with Crippen LogP contribution < -0.4 is 10.6 Å². The van der Waals surface area contributed by atoms with Crippen LogP contribution in [0.3, 0.4) is 0 Å². The second kappa shape index (κ2) is 8.29. The molecule has 0 spiro atoms. The summed E-state index contributed by atoms with van der Waals surface area (Å²) in [7, 11) is 0. The summed E-state index contributed by atoms with van der Waals surface area (Å²) in [4.78, 5) is 24.4. The molecule has 0 aliphatic carbocycles. The van der Waals surface area contributed by atoms with Crippen LogP contribution in [-0.2, 0) is 4.79 Å². The Labute approximate surface area is 133 Å². The van der Waals surface area contributed by atoms with E-state index in [9.17, 15) is 9.59 Å². The van der Waals surface area contributed by atoms with Crippen molar-refractivity contribution in [2.24, 2.45) is 0 Å². The molecular weight excluding hydrogens is 300 g/mol. The average Bonchev–Trinajstić information content (AvgIpc) is 3.06. The highest BCUT2D eigenvalue weighted by Crippen LogP contribution is 2.09. The molecule has 0 radical (unpaired) electrons. The molecule has 0 saturated heterocycles. The SMILES string of the molecule is CSCCC(NC(=O)c1ccco1)C(=O)Nc1ccccc1. The van der Waals surface area contributed by atoms with Crippen LogP contribution in [-0.4, -0.2) is 29.9 Å². The second-order valence-electron chi connectivity index (χ2n) is 4.64. The number of rotatable bonds is 7. The summed E-state index contributed by atoms with van der Waals surface area (Å²) in [6, 6.07) is 11.8. The van der Waals surface area contributed by atoms with Crippen molar-refractivity contribution in [2.45, 2.75) is 12.5 Å². The maximum Gasteiger partial charge on any atom is 0.287 e. The number of carbonyl (C=O) groups excluding carboxylic acids is 2. The third-order valence-corrected chi connectivity index (χ3v) is 3.66. The topological polar surface area (TPSA) is 71.3 Å². The zero-order chi connectivity index (χ0) is 15.8. The van der Waals surface area contributed by atoms with E-state index < -0.39 is 6.04 Å². The van der Waals surface area contributed by atoms with Crippen LogP contribution in [0.15, 0.2) is 53.1 Å². The quantitative estimate of drug-likeness (QED) is 0.823. The fraction of sp³-hybridized carbons (Fsp3) is 0.250. The van der Waals surface area contributed by atoms with Gasteiger partial charge in [-0.05, 0) is 42.7 Å². The minimum absolute atomic E-state index is 0.196. The van der Waals surface area contributed by atoms with Crippen molar-refractivity contribution in [2.75, 3.05) is 17.3 Å². The molecule has 1 aromatic heterocycles. The van der Waals surface area contributed by atoms with Gasteiger partial charge >= 0.3 is 0 Å². The first-order valence-corrected chi connectivity index (χ1v) is 8.29. The van der Waals surface area contributed by atoms with Crippen LogP contribution in [0.5, 0.6) is 0 Å². The van der Waals surface area contributed by atoms with Gasteiger partial charge in [0.15, 0.2) is 5.76 Å². The van der Waals surface area contributed by atoms with E-state index in [-0.39, 0.29) is 17.6 Å². The largest absolute Gasteiger partial charge is 0.459 e. The second-order valence-corrected chi connectivity index (χ2v) is 5.63. The molecule has 0 saturated carbocycles. The number of carbonyl (C=O) groups is 2. The van der Waals surface area contributed by atoms with Crippen LogP contribution in [0, 0.1) is 0 Å². The van der Waals surface area contributed by atoms with Crippen molar-refractivity contribution in [1.29, 1.82) is 0 Å². The lowest BCUT2D eigenvalue weighted by Crippen LogP contribution is -2.44. The van der Waals surface area contributed by atoms with E-state index in [4.69, 9.17) is 4.42 Å². The maximum atomic E-state index is 12.4. The molecule has 6 heteroatoms. The van der Waals surface area contributed by atoms with Crippen LogP contribution >= 0.6 is 11.8 Å². The summed E-state index contributed by atoms with van der Waals surface area (Å²) < 4.78 is 5.05. The summed E-state index contributed by atoms with van der Waals surface area (Å²) in [6.45, 7) is 0. The predicted octanol–water partition coefficient (Wildman–Crippen LogP) is 2.77. The molecule has 1 atom stereocenters. The summed E-state index contributed by atoms with van der Waals surface area (Å²) in [5.74, 6) is 0.340. The molecule has 0 bridgehead atoms. The Kier molecular flexibility index (Phi) is 6.09. The Morgan fingerprint density at radius 1 is 1.18 bits per heavy atom. The van der Waals surface area contributed by atoms with Gasteiger partial charge in [0.1, 0.15) is 6.04 Å². The zero-order valence-electron chi connectivity index (χ0n) is 12.2. The minimum atomic E-state index is -0.606. The van der Waals surface area contributed by atoms with Crippen LogP contribution in [0.2, 0.25) is 0 Å². The van der Waals surface area contributed by atoms with Gasteiger partial charge in [-0.25, -0.2) is 0 Å². The zero-order valence-corrected chi connectivity index (χ0v) is 13.1. The van der Waals surface area contributed by atoms with Gasteiger partial charge in [0.05, 0.1) is 6.26 Å². The van der Waals surface area contributed by atoms with Gasteiger partial charge in [-0.3, -0.25) is 9.59 Å². The molecule has 22 heavy (non-hydrogen) atoms. The van der Waals surface area contributed by atoms with Gasteiger partial charge in [-0.2, -0.15) is 11.8 Å². The number of nitrogens with one attached hydrogen (secondary N) is 2. The van der Waals surface area contributed by atoms with Crippen molar-refractivity contribution in [3.8, 4) is 0 Å². The van der Waals surface area contributed by atoms with E-state index in [0.717, 1.165) is 5.75 Å². The van der Waals surface area contributed by atoms with Crippen molar-refractivity contribution in [3.63, 3.8) is 0 Å². The number of thioether (sulfide) groups is 1. The smallest absolute Gasteiger partial charge is 0.287 e. The lowest BCUT2D eigenvalue weighted by Gasteiger charge is -2.17. The minimum Gasteiger partial charge on any atom is -0.459 e. The normalized spacial score (nSPS) is 11.7. The number of benzene rings is 1. The number of anilines is 1. The van der Waals surface area contributed by atoms with Crippen molar-refractivity contribution in [3.05, 3.63) is 54.5 Å². The molecule has 5 nitrogen and oxygen atoms in total. The molecule has 0 aliphatic rings. The van der Waals surface area contributed by atoms with E-state index in [1.54, 1.807) is 36.0 Å². The Bertz CT molecular complexity index is 599. The van der Waals surface area contributed by atoms with Crippen molar-refractivity contribution < 1.29 is 14.0 Å². The Hall–Kier alpha value is -2.21. The van der Waals surface area contributed by atoms with Gasteiger partial charge in [0.2, 0.25) is 5.91 Å². The van der Waals surface area contributed by atoms with E-state index in [1.165, 1.54) is 6.26 Å². The first kappa shape index (κ1) is 16.2. The lowest BCUT2D eigenvalue weighted by molar-refractivity contribution is -0.118. The Morgan fingerprint density at radius 3 is 2.59 bits per heavy atom. The highest BCUT2D eigenvalue weighted by Gasteiger charge is 2.22. The third kappa shape index (κ3) is 4.66. The van der Waals surface area contributed by atoms with Crippen LogP contribution in [0.25, 0.3) is 0 Å². The van der Waals surface area contributed by atoms with Crippen molar-refractivity contribution >= 4 is 29.3 Å². The molecule has 1 heterocycles. The fourth-order valence-electron chi connectivity index (χ4n) is 1.89. The predicted molar refractivity (Wildman–Crippen MR) is 88.0 cm³/mol. The van der Waals surface area contributed by atoms with E-state index in [0.29, 0.717) is 12.1 Å². The summed E-state index contributed by atoms with van der Waals surface area (Å²) in [6.07, 6.45) is 3.93.